The van der Waals surface area contributed by atoms with Gasteiger partial charge in [0.05, 0.1) is 0 Å². The summed E-state index contributed by atoms with van der Waals surface area (Å²) in [4.78, 5) is 10.7. The molecule has 0 aliphatic rings. The van der Waals surface area contributed by atoms with Gasteiger partial charge in [0.25, 0.3) is 0 Å². The number of halogens is 1. The summed E-state index contributed by atoms with van der Waals surface area (Å²) < 4.78 is 0. The molecule has 5 heteroatoms. The second kappa shape index (κ2) is 6.77. The highest BCUT2D eigenvalue weighted by atomic mass is 35.5. The number of hydrogen-bond donors (Lipinski definition) is 1. The molecule has 1 atom stereocenters. The molecule has 1 rings (SSSR count). The van der Waals surface area contributed by atoms with Crippen LogP contribution in [0, 0.1) is 0 Å². The maximum Gasteiger partial charge on any atom is 0.134 e. The Hall–Kier alpha value is -0.870. The minimum Gasteiger partial charge on any atom is -0.367 e. The second-order valence-corrected chi connectivity index (χ2v) is 4.87. The summed E-state index contributed by atoms with van der Waals surface area (Å²) in [6, 6.07) is 2.14. The van der Waals surface area contributed by atoms with Crippen LogP contribution in [0.3, 0.4) is 0 Å². The molecule has 1 aromatic rings. The van der Waals surface area contributed by atoms with Crippen molar-refractivity contribution in [3.8, 4) is 0 Å². The van der Waals surface area contributed by atoms with Crippen LogP contribution in [0.2, 0.25) is 5.15 Å². The molecule has 1 heterocycles. The van der Waals surface area contributed by atoms with Crippen LogP contribution in [0.1, 0.15) is 26.1 Å². The highest BCUT2D eigenvalue weighted by Gasteiger charge is 2.06. The molecule has 0 aliphatic heterocycles. The van der Waals surface area contributed by atoms with E-state index < -0.39 is 0 Å². The molecule has 0 radical (unpaired) electrons. The fourth-order valence-electron chi connectivity index (χ4n) is 1.47. The van der Waals surface area contributed by atoms with Crippen LogP contribution in [0.4, 0.5) is 5.82 Å². The normalized spacial score (nSPS) is 12.8. The number of nitrogens with one attached hydrogen (secondary N) is 1. The van der Waals surface area contributed by atoms with Gasteiger partial charge >= 0.3 is 0 Å². The van der Waals surface area contributed by atoms with Crippen LogP contribution < -0.4 is 5.32 Å². The lowest BCUT2D eigenvalue weighted by Gasteiger charge is -2.17. The molecule has 0 bridgehead atoms. The van der Waals surface area contributed by atoms with Gasteiger partial charge in [-0.3, -0.25) is 0 Å². The third kappa shape index (κ3) is 5.33. The summed E-state index contributed by atoms with van der Waals surface area (Å²) in [6.07, 6.45) is 1.86. The molecule has 4 nitrogen and oxygen atoms in total. The van der Waals surface area contributed by atoms with E-state index in [1.807, 2.05) is 6.92 Å². The lowest BCUT2D eigenvalue weighted by Crippen LogP contribution is -2.23. The van der Waals surface area contributed by atoms with Crippen molar-refractivity contribution in [1.82, 2.24) is 14.9 Å². The quantitative estimate of drug-likeness (QED) is 0.794. The van der Waals surface area contributed by atoms with Crippen molar-refractivity contribution in [2.75, 3.05) is 26.0 Å². The Kier molecular flexibility index (Phi) is 5.65. The van der Waals surface area contributed by atoms with E-state index >= 15 is 0 Å². The second-order valence-electron chi connectivity index (χ2n) is 4.48. The average Bonchev–Trinajstić information content (AvgIpc) is 2.25. The number of aryl methyl sites for hydroxylation is 1. The molecular formula is C12H21ClN4. The van der Waals surface area contributed by atoms with E-state index in [1.165, 1.54) is 0 Å². The molecule has 0 saturated heterocycles. The first-order valence-electron chi connectivity index (χ1n) is 5.96. The maximum atomic E-state index is 5.94. The Labute approximate surface area is 108 Å². The van der Waals surface area contributed by atoms with Crippen LogP contribution in [-0.4, -0.2) is 41.5 Å². The van der Waals surface area contributed by atoms with Crippen molar-refractivity contribution in [3.63, 3.8) is 0 Å². The van der Waals surface area contributed by atoms with Crippen molar-refractivity contribution in [2.45, 2.75) is 32.7 Å². The first-order chi connectivity index (χ1) is 8.01. The standard InChI is InChI=1S/C12H21ClN4/c1-5-11-15-10(13)8-12(16-11)14-9(2)6-7-17(3)4/h8-9H,5-7H2,1-4H3,(H,14,15,16). The van der Waals surface area contributed by atoms with E-state index in [0.29, 0.717) is 11.2 Å². The summed E-state index contributed by atoms with van der Waals surface area (Å²) >= 11 is 5.94. The van der Waals surface area contributed by atoms with Crippen molar-refractivity contribution in [3.05, 3.63) is 17.0 Å². The Balaban J connectivity index is 2.58. The summed E-state index contributed by atoms with van der Waals surface area (Å²) in [5.41, 5.74) is 0. The van der Waals surface area contributed by atoms with Gasteiger partial charge in [-0.15, -0.1) is 0 Å². The zero-order chi connectivity index (χ0) is 12.8. The summed E-state index contributed by atoms with van der Waals surface area (Å²) in [7, 11) is 4.15. The van der Waals surface area contributed by atoms with E-state index in [0.717, 1.165) is 31.0 Å². The lowest BCUT2D eigenvalue weighted by molar-refractivity contribution is 0.390. The van der Waals surface area contributed by atoms with Crippen LogP contribution >= 0.6 is 11.6 Å². The van der Waals surface area contributed by atoms with Crippen molar-refractivity contribution < 1.29 is 0 Å². The Morgan fingerprint density at radius 3 is 2.71 bits per heavy atom. The van der Waals surface area contributed by atoms with Crippen LogP contribution in [0.15, 0.2) is 6.07 Å². The first kappa shape index (κ1) is 14.2. The monoisotopic (exact) mass is 256 g/mol. The lowest BCUT2D eigenvalue weighted by atomic mass is 10.2. The molecule has 0 aromatic carbocycles. The molecular weight excluding hydrogens is 236 g/mol. The molecule has 1 aromatic heterocycles. The largest absolute Gasteiger partial charge is 0.367 e. The Morgan fingerprint density at radius 1 is 1.41 bits per heavy atom. The number of rotatable bonds is 6. The zero-order valence-electron chi connectivity index (χ0n) is 11.0. The summed E-state index contributed by atoms with van der Waals surface area (Å²) in [5, 5.41) is 3.85. The van der Waals surface area contributed by atoms with Gasteiger partial charge in [-0.25, -0.2) is 9.97 Å². The fourth-order valence-corrected chi connectivity index (χ4v) is 1.67. The van der Waals surface area contributed by atoms with Gasteiger partial charge in [-0.2, -0.15) is 0 Å². The number of nitrogens with zero attached hydrogens (tertiary/aromatic N) is 3. The highest BCUT2D eigenvalue weighted by molar-refractivity contribution is 6.29. The number of anilines is 1. The number of hydrogen-bond acceptors (Lipinski definition) is 4. The SMILES string of the molecule is CCc1nc(Cl)cc(NC(C)CCN(C)C)n1. The molecule has 1 N–H and O–H groups in total. The molecule has 17 heavy (non-hydrogen) atoms. The Morgan fingerprint density at radius 2 is 2.12 bits per heavy atom. The average molecular weight is 257 g/mol. The number of aromatic nitrogens is 2. The highest BCUT2D eigenvalue weighted by Crippen LogP contribution is 2.13. The van der Waals surface area contributed by atoms with Gasteiger partial charge in [0.1, 0.15) is 16.8 Å². The van der Waals surface area contributed by atoms with Crippen molar-refractivity contribution in [2.24, 2.45) is 0 Å². The van der Waals surface area contributed by atoms with Crippen LogP contribution in [-0.2, 0) is 6.42 Å². The van der Waals surface area contributed by atoms with Gasteiger partial charge in [0, 0.05) is 18.5 Å². The summed E-state index contributed by atoms with van der Waals surface area (Å²) in [6.45, 7) is 5.21. The minimum atomic E-state index is 0.369. The zero-order valence-corrected chi connectivity index (χ0v) is 11.8. The third-order valence-electron chi connectivity index (χ3n) is 2.46. The molecule has 0 saturated carbocycles. The molecule has 0 amide bonds. The van der Waals surface area contributed by atoms with Crippen LogP contribution in [0.5, 0.6) is 0 Å². The van der Waals surface area contributed by atoms with Gasteiger partial charge in [-0.1, -0.05) is 18.5 Å². The van der Waals surface area contributed by atoms with Crippen molar-refractivity contribution >= 4 is 17.4 Å². The van der Waals surface area contributed by atoms with Gasteiger partial charge in [0.15, 0.2) is 0 Å². The topological polar surface area (TPSA) is 41.1 Å². The molecule has 1 unspecified atom stereocenters. The minimum absolute atomic E-state index is 0.369. The molecule has 96 valence electrons. The van der Waals surface area contributed by atoms with E-state index in [2.05, 4.69) is 41.2 Å². The molecule has 0 aliphatic carbocycles. The third-order valence-corrected chi connectivity index (χ3v) is 2.65. The van der Waals surface area contributed by atoms with Gasteiger partial charge in [0.2, 0.25) is 0 Å². The maximum absolute atomic E-state index is 5.94. The molecule has 0 spiro atoms. The van der Waals surface area contributed by atoms with Gasteiger partial charge < -0.3 is 10.2 Å². The van der Waals surface area contributed by atoms with E-state index in [1.54, 1.807) is 6.07 Å². The predicted molar refractivity (Wildman–Crippen MR) is 72.7 cm³/mol. The first-order valence-corrected chi connectivity index (χ1v) is 6.33. The predicted octanol–water partition coefficient (Wildman–Crippen LogP) is 2.44. The smallest absolute Gasteiger partial charge is 0.134 e. The van der Waals surface area contributed by atoms with Crippen LogP contribution in [0.25, 0.3) is 0 Å². The van der Waals surface area contributed by atoms with E-state index in [-0.39, 0.29) is 0 Å². The Bertz CT molecular complexity index is 354. The fraction of sp³-hybridized carbons (Fsp3) is 0.667. The summed E-state index contributed by atoms with van der Waals surface area (Å²) in [5.74, 6) is 1.59. The van der Waals surface area contributed by atoms with Gasteiger partial charge in [-0.05, 0) is 34.0 Å². The van der Waals surface area contributed by atoms with E-state index in [4.69, 9.17) is 11.6 Å². The van der Waals surface area contributed by atoms with E-state index in [9.17, 15) is 0 Å². The van der Waals surface area contributed by atoms with Crippen molar-refractivity contribution in [1.29, 1.82) is 0 Å². The molecule has 0 fully saturated rings.